The lowest BCUT2D eigenvalue weighted by Crippen LogP contribution is -2.34. The van der Waals surface area contributed by atoms with Gasteiger partial charge in [-0.25, -0.2) is 4.79 Å². The smallest absolute Gasteiger partial charge is 0.311 e. The van der Waals surface area contributed by atoms with E-state index in [4.69, 9.17) is 0 Å². The first-order valence-corrected chi connectivity index (χ1v) is 5.71. The summed E-state index contributed by atoms with van der Waals surface area (Å²) in [4.78, 5) is 29.8. The molecule has 2 N–H and O–H groups in total. The fourth-order valence-electron chi connectivity index (χ4n) is 2.16. The molecule has 5 heteroatoms. The van der Waals surface area contributed by atoms with E-state index in [0.717, 1.165) is 13.1 Å². The van der Waals surface area contributed by atoms with Crippen molar-refractivity contribution in [3.8, 4) is 0 Å². The molecule has 0 atom stereocenters. The Morgan fingerprint density at radius 1 is 1.12 bits per heavy atom. The lowest BCUT2D eigenvalue weighted by atomic mass is 10.1. The molecule has 16 heavy (non-hydrogen) atoms. The van der Waals surface area contributed by atoms with Gasteiger partial charge in [0.1, 0.15) is 0 Å². The number of rotatable bonds is 2. The van der Waals surface area contributed by atoms with Crippen molar-refractivity contribution >= 4 is 0 Å². The largest absolute Gasteiger partial charge is 0.325 e. The fourth-order valence-corrected chi connectivity index (χ4v) is 2.16. The Kier molecular flexibility index (Phi) is 3.24. The second-order valence-electron chi connectivity index (χ2n) is 4.35. The average molecular weight is 223 g/mol. The standard InChI is InChI=1S/C11H17N3O2/c1-8-9(10(15)13-11(16)12-8)7-14-5-3-2-4-6-14/h2-7H2,1H3,(H2,12,13,15,16). The summed E-state index contributed by atoms with van der Waals surface area (Å²) in [6.45, 7) is 4.49. The molecule has 0 saturated carbocycles. The third kappa shape index (κ3) is 2.41. The van der Waals surface area contributed by atoms with E-state index in [1.54, 1.807) is 6.92 Å². The number of hydrogen-bond donors (Lipinski definition) is 2. The van der Waals surface area contributed by atoms with E-state index in [-0.39, 0.29) is 5.56 Å². The highest BCUT2D eigenvalue weighted by Gasteiger charge is 2.14. The molecule has 0 aromatic carbocycles. The molecule has 2 heterocycles. The molecule has 0 radical (unpaired) electrons. The van der Waals surface area contributed by atoms with Crippen LogP contribution in [0.5, 0.6) is 0 Å². The van der Waals surface area contributed by atoms with Gasteiger partial charge in [0.2, 0.25) is 0 Å². The van der Waals surface area contributed by atoms with Gasteiger partial charge in [-0.05, 0) is 32.9 Å². The van der Waals surface area contributed by atoms with Crippen molar-refractivity contribution < 1.29 is 0 Å². The van der Waals surface area contributed by atoms with Crippen LogP contribution in [-0.4, -0.2) is 28.0 Å². The summed E-state index contributed by atoms with van der Waals surface area (Å²) in [5.41, 5.74) is 0.678. The summed E-state index contributed by atoms with van der Waals surface area (Å²) in [5.74, 6) is 0. The van der Waals surface area contributed by atoms with Crippen molar-refractivity contribution in [3.05, 3.63) is 32.1 Å². The van der Waals surface area contributed by atoms with Gasteiger partial charge in [-0.3, -0.25) is 14.7 Å². The first-order chi connectivity index (χ1) is 7.66. The molecule has 1 aliphatic rings. The zero-order valence-electron chi connectivity index (χ0n) is 9.51. The lowest BCUT2D eigenvalue weighted by molar-refractivity contribution is 0.219. The molecule has 0 aliphatic carbocycles. The van der Waals surface area contributed by atoms with Crippen molar-refractivity contribution in [1.29, 1.82) is 0 Å². The van der Waals surface area contributed by atoms with Crippen LogP contribution < -0.4 is 11.2 Å². The number of nitrogens with zero attached hydrogens (tertiary/aromatic N) is 1. The van der Waals surface area contributed by atoms with E-state index < -0.39 is 5.69 Å². The minimum atomic E-state index is -0.426. The average Bonchev–Trinajstić information content (AvgIpc) is 2.25. The van der Waals surface area contributed by atoms with Crippen LogP contribution in [0.25, 0.3) is 0 Å². The molecule has 1 fully saturated rings. The quantitative estimate of drug-likeness (QED) is 0.760. The minimum absolute atomic E-state index is 0.258. The molecule has 1 saturated heterocycles. The number of hydrogen-bond acceptors (Lipinski definition) is 3. The monoisotopic (exact) mass is 223 g/mol. The molecule has 5 nitrogen and oxygen atoms in total. The number of piperidine rings is 1. The summed E-state index contributed by atoms with van der Waals surface area (Å²) in [5, 5.41) is 0. The predicted octanol–water partition coefficient (Wildman–Crippen LogP) is 0.358. The summed E-state index contributed by atoms with van der Waals surface area (Å²) in [7, 11) is 0. The van der Waals surface area contributed by atoms with E-state index in [0.29, 0.717) is 17.8 Å². The van der Waals surface area contributed by atoms with Crippen LogP contribution in [0.15, 0.2) is 9.59 Å². The maximum absolute atomic E-state index is 11.6. The first-order valence-electron chi connectivity index (χ1n) is 5.71. The number of aromatic amines is 2. The second kappa shape index (κ2) is 4.65. The number of likely N-dealkylation sites (tertiary alicyclic amines) is 1. The molecule has 0 spiro atoms. The SMILES string of the molecule is Cc1[nH]c(=O)[nH]c(=O)c1CN1CCCCC1. The molecular formula is C11H17N3O2. The van der Waals surface area contributed by atoms with Crippen molar-refractivity contribution in [1.82, 2.24) is 14.9 Å². The Morgan fingerprint density at radius 2 is 1.81 bits per heavy atom. The summed E-state index contributed by atoms with van der Waals surface area (Å²) < 4.78 is 0. The Morgan fingerprint density at radius 3 is 2.44 bits per heavy atom. The Balaban J connectivity index is 2.20. The van der Waals surface area contributed by atoms with Gasteiger partial charge in [-0.1, -0.05) is 6.42 Å². The van der Waals surface area contributed by atoms with E-state index in [1.165, 1.54) is 19.3 Å². The zero-order valence-corrected chi connectivity index (χ0v) is 9.51. The van der Waals surface area contributed by atoms with Crippen molar-refractivity contribution in [2.75, 3.05) is 13.1 Å². The highest BCUT2D eigenvalue weighted by Crippen LogP contribution is 2.11. The van der Waals surface area contributed by atoms with Crippen molar-refractivity contribution in [3.63, 3.8) is 0 Å². The van der Waals surface area contributed by atoms with Gasteiger partial charge in [0.05, 0.1) is 5.56 Å². The Labute approximate surface area is 93.5 Å². The number of aromatic nitrogens is 2. The molecule has 1 aromatic heterocycles. The number of H-pyrrole nitrogens is 2. The molecule has 1 aromatic rings. The van der Waals surface area contributed by atoms with E-state index >= 15 is 0 Å². The maximum atomic E-state index is 11.6. The van der Waals surface area contributed by atoms with Crippen LogP contribution >= 0.6 is 0 Å². The third-order valence-electron chi connectivity index (χ3n) is 3.09. The van der Waals surface area contributed by atoms with Gasteiger partial charge in [0.25, 0.3) is 5.56 Å². The summed E-state index contributed by atoms with van der Waals surface area (Å²) in [6, 6.07) is 0. The topological polar surface area (TPSA) is 69.0 Å². The lowest BCUT2D eigenvalue weighted by Gasteiger charge is -2.26. The number of nitrogens with one attached hydrogen (secondary N) is 2. The van der Waals surface area contributed by atoms with E-state index in [2.05, 4.69) is 14.9 Å². The van der Waals surface area contributed by atoms with Crippen molar-refractivity contribution in [2.45, 2.75) is 32.7 Å². The second-order valence-corrected chi connectivity index (χ2v) is 4.35. The molecule has 88 valence electrons. The molecule has 1 aliphatic heterocycles. The van der Waals surface area contributed by atoms with Gasteiger partial charge in [-0.2, -0.15) is 0 Å². The minimum Gasteiger partial charge on any atom is -0.311 e. The van der Waals surface area contributed by atoms with Crippen LogP contribution in [0, 0.1) is 6.92 Å². The molecule has 0 amide bonds. The predicted molar refractivity (Wildman–Crippen MR) is 61.5 cm³/mol. The van der Waals surface area contributed by atoms with Gasteiger partial charge in [0.15, 0.2) is 0 Å². The molecular weight excluding hydrogens is 206 g/mol. The van der Waals surface area contributed by atoms with Gasteiger partial charge in [0, 0.05) is 12.2 Å². The zero-order chi connectivity index (χ0) is 11.5. The highest BCUT2D eigenvalue weighted by atomic mass is 16.2. The fraction of sp³-hybridized carbons (Fsp3) is 0.636. The van der Waals surface area contributed by atoms with Crippen molar-refractivity contribution in [2.24, 2.45) is 0 Å². The van der Waals surface area contributed by atoms with Crippen LogP contribution in [0.4, 0.5) is 0 Å². The van der Waals surface area contributed by atoms with Gasteiger partial charge in [-0.15, -0.1) is 0 Å². The molecule has 2 rings (SSSR count). The summed E-state index contributed by atoms with van der Waals surface area (Å²) >= 11 is 0. The van der Waals surface area contributed by atoms with Gasteiger partial charge >= 0.3 is 5.69 Å². The van der Waals surface area contributed by atoms with Crippen LogP contribution in [0.3, 0.4) is 0 Å². The maximum Gasteiger partial charge on any atom is 0.325 e. The molecule has 0 unspecified atom stereocenters. The summed E-state index contributed by atoms with van der Waals surface area (Å²) in [6.07, 6.45) is 3.66. The third-order valence-corrected chi connectivity index (χ3v) is 3.09. The van der Waals surface area contributed by atoms with E-state index in [9.17, 15) is 9.59 Å². The van der Waals surface area contributed by atoms with Crippen LogP contribution in [0.1, 0.15) is 30.5 Å². The number of aryl methyl sites for hydroxylation is 1. The van der Waals surface area contributed by atoms with Crippen LogP contribution in [0.2, 0.25) is 0 Å². The first kappa shape index (κ1) is 11.1. The Hall–Kier alpha value is -1.36. The van der Waals surface area contributed by atoms with Crippen LogP contribution in [-0.2, 0) is 6.54 Å². The Bertz CT molecular complexity index is 469. The normalized spacial score (nSPS) is 17.6. The van der Waals surface area contributed by atoms with E-state index in [1.807, 2.05) is 0 Å². The highest BCUT2D eigenvalue weighted by molar-refractivity contribution is 5.14. The van der Waals surface area contributed by atoms with Gasteiger partial charge < -0.3 is 4.98 Å². The molecule has 0 bridgehead atoms.